The number of rotatable bonds is 4. The summed E-state index contributed by atoms with van der Waals surface area (Å²) >= 11 is 5.95. The predicted molar refractivity (Wildman–Crippen MR) is 96.8 cm³/mol. The molecule has 1 amide bonds. The molecule has 1 fully saturated rings. The molecule has 4 nitrogen and oxygen atoms in total. The maximum absolute atomic E-state index is 12.6. The van der Waals surface area contributed by atoms with Crippen LogP contribution in [0.3, 0.4) is 0 Å². The Morgan fingerprint density at radius 2 is 1.75 bits per heavy atom. The quantitative estimate of drug-likeness (QED) is 0.851. The topological polar surface area (TPSA) is 32.8 Å². The highest BCUT2D eigenvalue weighted by molar-refractivity contribution is 6.30. The van der Waals surface area contributed by atoms with Gasteiger partial charge in [-0.2, -0.15) is 0 Å². The van der Waals surface area contributed by atoms with Crippen LogP contribution in [0.4, 0.5) is 5.69 Å². The second-order valence-electron chi connectivity index (χ2n) is 5.87. The fraction of sp³-hybridized carbons (Fsp3) is 0.316. The van der Waals surface area contributed by atoms with Gasteiger partial charge in [0.05, 0.1) is 0 Å². The van der Waals surface area contributed by atoms with Gasteiger partial charge in [0.15, 0.2) is 6.10 Å². The summed E-state index contributed by atoms with van der Waals surface area (Å²) in [4.78, 5) is 16.7. The molecule has 2 aromatic rings. The van der Waals surface area contributed by atoms with Crippen molar-refractivity contribution in [2.45, 2.75) is 13.0 Å². The molecule has 1 aliphatic heterocycles. The van der Waals surface area contributed by atoms with E-state index in [-0.39, 0.29) is 5.91 Å². The Balaban J connectivity index is 1.55. The number of halogens is 1. The Morgan fingerprint density at radius 1 is 1.04 bits per heavy atom. The second-order valence-corrected chi connectivity index (χ2v) is 6.30. The first-order valence-electron chi connectivity index (χ1n) is 8.14. The van der Waals surface area contributed by atoms with Gasteiger partial charge in [-0.1, -0.05) is 35.9 Å². The van der Waals surface area contributed by atoms with E-state index in [1.165, 1.54) is 5.69 Å². The Hall–Kier alpha value is -2.20. The molecule has 24 heavy (non-hydrogen) atoms. The first-order valence-corrected chi connectivity index (χ1v) is 8.52. The molecule has 0 bridgehead atoms. The molecule has 0 unspecified atom stereocenters. The van der Waals surface area contributed by atoms with E-state index < -0.39 is 6.10 Å². The monoisotopic (exact) mass is 344 g/mol. The second kappa shape index (κ2) is 7.58. The highest BCUT2D eigenvalue weighted by Gasteiger charge is 2.26. The summed E-state index contributed by atoms with van der Waals surface area (Å²) in [6.07, 6.45) is -0.522. The molecule has 1 aliphatic rings. The highest BCUT2D eigenvalue weighted by atomic mass is 35.5. The Bertz CT molecular complexity index is 685. The lowest BCUT2D eigenvalue weighted by Gasteiger charge is -2.37. The van der Waals surface area contributed by atoms with Gasteiger partial charge in [0.2, 0.25) is 0 Å². The normalized spacial score (nSPS) is 15.9. The number of nitrogens with zero attached hydrogens (tertiary/aromatic N) is 2. The minimum atomic E-state index is -0.522. The first kappa shape index (κ1) is 16.7. The zero-order chi connectivity index (χ0) is 16.9. The first-order chi connectivity index (χ1) is 11.6. The lowest BCUT2D eigenvalue weighted by molar-refractivity contribution is -0.138. The van der Waals surface area contributed by atoms with Crippen molar-refractivity contribution in [1.29, 1.82) is 0 Å². The molecule has 0 aromatic heterocycles. The highest BCUT2D eigenvalue weighted by Crippen LogP contribution is 2.20. The summed E-state index contributed by atoms with van der Waals surface area (Å²) in [5, 5.41) is 0.601. The minimum absolute atomic E-state index is 0.0164. The largest absolute Gasteiger partial charge is 0.481 e. The summed E-state index contributed by atoms with van der Waals surface area (Å²) in [5.74, 6) is 0.633. The molecule has 0 N–H and O–H groups in total. The molecule has 126 valence electrons. The van der Waals surface area contributed by atoms with Crippen LogP contribution in [0.5, 0.6) is 5.75 Å². The third-order valence-electron chi connectivity index (χ3n) is 4.17. The van der Waals surface area contributed by atoms with Gasteiger partial charge in [-0.3, -0.25) is 4.79 Å². The Kier molecular flexibility index (Phi) is 5.26. The van der Waals surface area contributed by atoms with E-state index >= 15 is 0 Å². The number of carbonyl (C=O) groups excluding carboxylic acids is 1. The molecule has 1 heterocycles. The third kappa shape index (κ3) is 4.01. The summed E-state index contributed by atoms with van der Waals surface area (Å²) in [6, 6.07) is 17.4. The molecule has 0 aliphatic carbocycles. The molecular formula is C19H21ClN2O2. The average Bonchev–Trinajstić information content (AvgIpc) is 2.62. The zero-order valence-corrected chi connectivity index (χ0v) is 14.4. The van der Waals surface area contributed by atoms with Gasteiger partial charge in [0.1, 0.15) is 5.75 Å². The summed E-state index contributed by atoms with van der Waals surface area (Å²) in [6.45, 7) is 4.86. The molecular weight excluding hydrogens is 324 g/mol. The van der Waals surface area contributed by atoms with Crippen LogP contribution in [0, 0.1) is 0 Å². The number of piperazine rings is 1. The van der Waals surface area contributed by atoms with E-state index in [2.05, 4.69) is 17.0 Å². The van der Waals surface area contributed by atoms with Gasteiger partial charge in [-0.15, -0.1) is 0 Å². The van der Waals surface area contributed by atoms with Gasteiger partial charge in [0, 0.05) is 36.9 Å². The number of amides is 1. The molecule has 1 saturated heterocycles. The van der Waals surface area contributed by atoms with Crippen molar-refractivity contribution in [3.8, 4) is 5.75 Å². The maximum atomic E-state index is 12.6. The smallest absolute Gasteiger partial charge is 0.263 e. The van der Waals surface area contributed by atoms with Crippen molar-refractivity contribution in [3.05, 3.63) is 59.6 Å². The van der Waals surface area contributed by atoms with Crippen LogP contribution in [-0.4, -0.2) is 43.1 Å². The fourth-order valence-electron chi connectivity index (χ4n) is 2.88. The van der Waals surface area contributed by atoms with E-state index in [9.17, 15) is 4.79 Å². The van der Waals surface area contributed by atoms with E-state index in [0.717, 1.165) is 13.1 Å². The molecule has 1 atom stereocenters. The van der Waals surface area contributed by atoms with Crippen LogP contribution < -0.4 is 9.64 Å². The van der Waals surface area contributed by atoms with Crippen LogP contribution in [0.2, 0.25) is 5.02 Å². The van der Waals surface area contributed by atoms with E-state index in [4.69, 9.17) is 16.3 Å². The average molecular weight is 345 g/mol. The maximum Gasteiger partial charge on any atom is 0.263 e. The SMILES string of the molecule is C[C@H](Oc1cccc(Cl)c1)C(=O)N1CCN(c2ccccc2)CC1. The van der Waals surface area contributed by atoms with Crippen LogP contribution in [0.25, 0.3) is 0 Å². The van der Waals surface area contributed by atoms with Gasteiger partial charge >= 0.3 is 0 Å². The molecule has 2 aromatic carbocycles. The van der Waals surface area contributed by atoms with Crippen molar-refractivity contribution in [2.75, 3.05) is 31.1 Å². The molecule has 0 saturated carbocycles. The number of hydrogen-bond acceptors (Lipinski definition) is 3. The van der Waals surface area contributed by atoms with Crippen LogP contribution in [-0.2, 0) is 4.79 Å². The van der Waals surface area contributed by atoms with Crippen LogP contribution in [0.15, 0.2) is 54.6 Å². The lowest BCUT2D eigenvalue weighted by atomic mass is 10.2. The van der Waals surface area contributed by atoms with Crippen LogP contribution >= 0.6 is 11.6 Å². The fourth-order valence-corrected chi connectivity index (χ4v) is 3.06. The van der Waals surface area contributed by atoms with Crippen molar-refractivity contribution in [1.82, 2.24) is 4.90 Å². The number of benzene rings is 2. The van der Waals surface area contributed by atoms with Crippen molar-refractivity contribution in [3.63, 3.8) is 0 Å². The number of ether oxygens (including phenoxy) is 1. The van der Waals surface area contributed by atoms with Gasteiger partial charge in [0.25, 0.3) is 5.91 Å². The Labute approximate surface area is 147 Å². The summed E-state index contributed by atoms with van der Waals surface area (Å²) < 4.78 is 5.73. The van der Waals surface area contributed by atoms with Crippen molar-refractivity contribution in [2.24, 2.45) is 0 Å². The molecule has 5 heteroatoms. The third-order valence-corrected chi connectivity index (χ3v) is 4.40. The molecule has 0 spiro atoms. The number of anilines is 1. The van der Waals surface area contributed by atoms with Crippen molar-refractivity contribution < 1.29 is 9.53 Å². The summed E-state index contributed by atoms with van der Waals surface area (Å²) in [7, 11) is 0. The van der Waals surface area contributed by atoms with Gasteiger partial charge in [-0.25, -0.2) is 0 Å². The van der Waals surface area contributed by atoms with Crippen LogP contribution in [0.1, 0.15) is 6.92 Å². The molecule has 3 rings (SSSR count). The summed E-state index contributed by atoms with van der Waals surface area (Å²) in [5.41, 5.74) is 1.20. The van der Waals surface area contributed by atoms with E-state index in [0.29, 0.717) is 23.9 Å². The minimum Gasteiger partial charge on any atom is -0.481 e. The zero-order valence-electron chi connectivity index (χ0n) is 13.7. The standard InChI is InChI=1S/C19H21ClN2O2/c1-15(24-18-9-5-6-16(20)14-18)19(23)22-12-10-21(11-13-22)17-7-3-2-4-8-17/h2-9,14-15H,10-13H2,1H3/t15-/m0/s1. The van der Waals surface area contributed by atoms with Gasteiger partial charge < -0.3 is 14.5 Å². The number of carbonyl (C=O) groups is 1. The van der Waals surface area contributed by atoms with Crippen molar-refractivity contribution >= 4 is 23.2 Å². The Morgan fingerprint density at radius 3 is 2.42 bits per heavy atom. The molecule has 0 radical (unpaired) electrons. The predicted octanol–water partition coefficient (Wildman–Crippen LogP) is 3.46. The number of hydrogen-bond donors (Lipinski definition) is 0. The number of para-hydroxylation sites is 1. The van der Waals surface area contributed by atoms with Gasteiger partial charge in [-0.05, 0) is 37.3 Å². The lowest BCUT2D eigenvalue weighted by Crippen LogP contribution is -2.52. The van der Waals surface area contributed by atoms with E-state index in [1.807, 2.05) is 35.2 Å². The van der Waals surface area contributed by atoms with E-state index in [1.54, 1.807) is 19.1 Å².